The zero-order chi connectivity index (χ0) is 18.1. The SMILES string of the molecule is C=C([C@@H](NCOC(C)(C)C)C(C)(C)C)N1CCC[C@@]1(N)C(=C)C. The molecule has 4 nitrogen and oxygen atoms in total. The molecule has 134 valence electrons. The highest BCUT2D eigenvalue weighted by Gasteiger charge is 2.42. The number of hydrogen-bond acceptors (Lipinski definition) is 4. The van der Waals surface area contributed by atoms with Gasteiger partial charge in [-0.2, -0.15) is 0 Å². The van der Waals surface area contributed by atoms with Crippen LogP contribution in [-0.4, -0.2) is 35.5 Å². The summed E-state index contributed by atoms with van der Waals surface area (Å²) >= 11 is 0. The third kappa shape index (κ3) is 5.07. The summed E-state index contributed by atoms with van der Waals surface area (Å²) in [4.78, 5) is 2.23. The first-order chi connectivity index (χ1) is 10.3. The third-order valence-corrected chi connectivity index (χ3v) is 4.50. The zero-order valence-corrected chi connectivity index (χ0v) is 16.3. The fourth-order valence-corrected chi connectivity index (χ4v) is 3.11. The van der Waals surface area contributed by atoms with Gasteiger partial charge in [-0.3, -0.25) is 5.32 Å². The van der Waals surface area contributed by atoms with Gasteiger partial charge in [-0.15, -0.1) is 0 Å². The van der Waals surface area contributed by atoms with Crippen molar-refractivity contribution in [2.75, 3.05) is 13.3 Å². The highest BCUT2D eigenvalue weighted by Crippen LogP contribution is 2.37. The van der Waals surface area contributed by atoms with Gasteiger partial charge in [0.2, 0.25) is 0 Å². The summed E-state index contributed by atoms with van der Waals surface area (Å²) in [6.45, 7) is 24.7. The number of nitrogens with one attached hydrogen (secondary N) is 1. The van der Waals surface area contributed by atoms with Crippen LogP contribution in [0.5, 0.6) is 0 Å². The van der Waals surface area contributed by atoms with Crippen LogP contribution in [0.4, 0.5) is 0 Å². The smallest absolute Gasteiger partial charge is 0.110 e. The van der Waals surface area contributed by atoms with Gasteiger partial charge in [0.15, 0.2) is 0 Å². The fourth-order valence-electron chi connectivity index (χ4n) is 3.11. The molecule has 3 N–H and O–H groups in total. The van der Waals surface area contributed by atoms with E-state index in [0.29, 0.717) is 6.73 Å². The largest absolute Gasteiger partial charge is 0.361 e. The van der Waals surface area contributed by atoms with Crippen molar-refractivity contribution in [1.29, 1.82) is 0 Å². The minimum absolute atomic E-state index is 0.0108. The van der Waals surface area contributed by atoms with E-state index in [1.165, 1.54) is 0 Å². The normalized spacial score (nSPS) is 23.9. The van der Waals surface area contributed by atoms with Crippen LogP contribution in [0.25, 0.3) is 0 Å². The summed E-state index contributed by atoms with van der Waals surface area (Å²) in [6.07, 6.45) is 1.99. The molecule has 1 fully saturated rings. The van der Waals surface area contributed by atoms with E-state index in [4.69, 9.17) is 10.5 Å². The molecule has 1 aliphatic rings. The molecule has 1 heterocycles. The third-order valence-electron chi connectivity index (χ3n) is 4.50. The van der Waals surface area contributed by atoms with Crippen LogP contribution in [0.2, 0.25) is 0 Å². The van der Waals surface area contributed by atoms with Gasteiger partial charge in [0.1, 0.15) is 5.66 Å². The fraction of sp³-hybridized carbons (Fsp3) is 0.789. The van der Waals surface area contributed by atoms with Gasteiger partial charge in [0, 0.05) is 12.2 Å². The standard InChI is InChI=1S/C19H37N3O/c1-14(2)19(20)11-10-12-22(19)15(3)16(17(4,5)6)21-13-23-18(7,8)9/h16,21H,1,3,10-13,20H2,2,4-9H3/t16-,19+/m1/s1. The van der Waals surface area contributed by atoms with Gasteiger partial charge >= 0.3 is 0 Å². The van der Waals surface area contributed by atoms with Gasteiger partial charge < -0.3 is 15.4 Å². The van der Waals surface area contributed by atoms with E-state index in [2.05, 4.69) is 64.9 Å². The van der Waals surface area contributed by atoms with Crippen LogP contribution in [0, 0.1) is 5.41 Å². The Balaban J connectivity index is 2.90. The molecule has 2 atom stereocenters. The van der Waals surface area contributed by atoms with Crippen LogP contribution in [0.3, 0.4) is 0 Å². The van der Waals surface area contributed by atoms with Crippen molar-refractivity contribution in [3.63, 3.8) is 0 Å². The monoisotopic (exact) mass is 323 g/mol. The molecule has 1 rings (SSSR count). The number of hydrogen-bond donors (Lipinski definition) is 2. The molecule has 0 aromatic carbocycles. The van der Waals surface area contributed by atoms with Crippen molar-refractivity contribution in [2.24, 2.45) is 11.1 Å². The minimum atomic E-state index is -0.479. The number of nitrogens with two attached hydrogens (primary N) is 1. The zero-order valence-electron chi connectivity index (χ0n) is 16.3. The Labute approximate surface area is 143 Å². The Morgan fingerprint density at radius 2 is 1.83 bits per heavy atom. The maximum absolute atomic E-state index is 6.63. The molecule has 0 aliphatic carbocycles. The number of nitrogens with zero attached hydrogens (tertiary/aromatic N) is 1. The molecule has 0 amide bonds. The quantitative estimate of drug-likeness (QED) is 0.579. The van der Waals surface area contributed by atoms with Gasteiger partial charge in [-0.05, 0) is 51.5 Å². The predicted octanol–water partition coefficient (Wildman–Crippen LogP) is 3.60. The topological polar surface area (TPSA) is 50.5 Å². The minimum Gasteiger partial charge on any atom is -0.361 e. The van der Waals surface area contributed by atoms with Crippen LogP contribution in [-0.2, 0) is 4.74 Å². The molecule has 0 aromatic heterocycles. The van der Waals surface area contributed by atoms with Crippen molar-refractivity contribution >= 4 is 0 Å². The molecule has 1 aliphatic heterocycles. The van der Waals surface area contributed by atoms with E-state index >= 15 is 0 Å². The van der Waals surface area contributed by atoms with E-state index in [0.717, 1.165) is 30.7 Å². The van der Waals surface area contributed by atoms with Crippen molar-refractivity contribution in [3.8, 4) is 0 Å². The molecule has 23 heavy (non-hydrogen) atoms. The lowest BCUT2D eigenvalue weighted by Gasteiger charge is -2.44. The summed E-state index contributed by atoms with van der Waals surface area (Å²) < 4.78 is 5.85. The lowest BCUT2D eigenvalue weighted by molar-refractivity contribution is -0.0223. The van der Waals surface area contributed by atoms with Crippen LogP contribution < -0.4 is 11.1 Å². The average molecular weight is 324 g/mol. The molecule has 1 saturated heterocycles. The second-order valence-corrected chi connectivity index (χ2v) is 8.86. The maximum atomic E-state index is 6.63. The average Bonchev–Trinajstić information content (AvgIpc) is 2.75. The van der Waals surface area contributed by atoms with Gasteiger partial charge in [-0.1, -0.05) is 33.9 Å². The Kier molecular flexibility index (Phi) is 6.11. The maximum Gasteiger partial charge on any atom is 0.110 e. The highest BCUT2D eigenvalue weighted by molar-refractivity contribution is 5.23. The van der Waals surface area contributed by atoms with E-state index in [1.807, 2.05) is 6.92 Å². The summed E-state index contributed by atoms with van der Waals surface area (Å²) in [5.74, 6) is 0. The molecular weight excluding hydrogens is 286 g/mol. The number of likely N-dealkylation sites (tertiary alicyclic amines) is 1. The highest BCUT2D eigenvalue weighted by atomic mass is 16.5. The molecule has 0 unspecified atom stereocenters. The van der Waals surface area contributed by atoms with E-state index in [1.54, 1.807) is 0 Å². The predicted molar refractivity (Wildman–Crippen MR) is 98.9 cm³/mol. The Hall–Kier alpha value is -0.840. The van der Waals surface area contributed by atoms with Gasteiger partial charge in [0.05, 0.1) is 18.4 Å². The van der Waals surface area contributed by atoms with E-state index in [9.17, 15) is 0 Å². The Morgan fingerprint density at radius 3 is 2.26 bits per heavy atom. The number of ether oxygens (including phenoxy) is 1. The summed E-state index contributed by atoms with van der Waals surface area (Å²) in [5.41, 5.74) is 8.02. The second kappa shape index (κ2) is 6.96. The van der Waals surface area contributed by atoms with Gasteiger partial charge in [-0.25, -0.2) is 0 Å². The summed E-state index contributed by atoms with van der Waals surface area (Å²) in [5, 5.41) is 3.52. The van der Waals surface area contributed by atoms with Crippen molar-refractivity contribution in [2.45, 2.75) is 78.6 Å². The lowest BCUT2D eigenvalue weighted by atomic mass is 9.84. The molecule has 0 spiro atoms. The molecule has 0 bridgehead atoms. The van der Waals surface area contributed by atoms with Crippen LogP contribution in [0.1, 0.15) is 61.3 Å². The van der Waals surface area contributed by atoms with E-state index < -0.39 is 5.66 Å². The first-order valence-corrected chi connectivity index (χ1v) is 8.58. The summed E-state index contributed by atoms with van der Waals surface area (Å²) in [6, 6.07) is 0.0882. The van der Waals surface area contributed by atoms with E-state index in [-0.39, 0.29) is 17.1 Å². The molecule has 0 saturated carbocycles. The molecule has 4 heteroatoms. The van der Waals surface area contributed by atoms with Crippen molar-refractivity contribution < 1.29 is 4.74 Å². The Morgan fingerprint density at radius 1 is 1.26 bits per heavy atom. The Bertz CT molecular complexity index is 445. The molecule has 0 radical (unpaired) electrons. The lowest BCUT2D eigenvalue weighted by Crippen LogP contribution is -2.57. The first kappa shape index (κ1) is 20.2. The van der Waals surface area contributed by atoms with Gasteiger partial charge in [0.25, 0.3) is 0 Å². The molecule has 0 aromatic rings. The number of rotatable bonds is 6. The first-order valence-electron chi connectivity index (χ1n) is 8.58. The van der Waals surface area contributed by atoms with Crippen molar-refractivity contribution in [1.82, 2.24) is 10.2 Å². The van der Waals surface area contributed by atoms with Crippen LogP contribution >= 0.6 is 0 Å². The van der Waals surface area contributed by atoms with Crippen LogP contribution in [0.15, 0.2) is 24.4 Å². The van der Waals surface area contributed by atoms with Crippen molar-refractivity contribution in [3.05, 3.63) is 24.4 Å². The second-order valence-electron chi connectivity index (χ2n) is 8.86. The molecular formula is C19H37N3O. The summed E-state index contributed by atoms with van der Waals surface area (Å²) in [7, 11) is 0.